The molecule has 4 aromatic rings. The molecule has 4 aromatic heterocycles. The minimum Gasteiger partial charge on any atom is -0.467 e. The second-order valence-electron chi connectivity index (χ2n) is 9.88. The number of ether oxygens (including phenoxy) is 2. The Balaban J connectivity index is 1.30. The zero-order valence-electron chi connectivity index (χ0n) is 23.7. The molecule has 1 aliphatic rings. The summed E-state index contributed by atoms with van der Waals surface area (Å²) in [4.78, 5) is 35.8. The van der Waals surface area contributed by atoms with Crippen molar-refractivity contribution in [3.63, 3.8) is 0 Å². The molecule has 1 saturated carbocycles. The number of nitriles is 1. The standard InChI is InChI=1S/C28H27ClF2N10O3/c1-40-25(21(29)14-37-40)24-17(9-32)11-34-26(39-24)38-19-4-6-20(7-5-19)41(28(42)44-15-22(30)31)23-8-3-16(10-33-23)18-12-35-27(43-2)36-13-18/h3,8,10-14,19-20,22H,4-7,15H2,1-2H3,(H,34,38,39). The van der Waals surface area contributed by atoms with Crippen LogP contribution in [-0.2, 0) is 11.8 Å². The molecule has 0 saturated heterocycles. The molecule has 0 aliphatic heterocycles. The maximum Gasteiger partial charge on any atom is 0.415 e. The van der Waals surface area contributed by atoms with Crippen molar-refractivity contribution in [1.29, 1.82) is 5.26 Å². The van der Waals surface area contributed by atoms with E-state index in [2.05, 4.69) is 41.4 Å². The van der Waals surface area contributed by atoms with Crippen molar-refractivity contribution in [3.8, 4) is 34.6 Å². The summed E-state index contributed by atoms with van der Waals surface area (Å²) in [5.74, 6) is 0.583. The van der Waals surface area contributed by atoms with Gasteiger partial charge in [0.1, 0.15) is 23.3 Å². The van der Waals surface area contributed by atoms with Gasteiger partial charge in [-0.1, -0.05) is 11.6 Å². The molecule has 0 radical (unpaired) electrons. The van der Waals surface area contributed by atoms with Crippen LogP contribution in [0.15, 0.2) is 43.1 Å². The average molecular weight is 625 g/mol. The molecule has 4 heterocycles. The highest BCUT2D eigenvalue weighted by Gasteiger charge is 2.33. The van der Waals surface area contributed by atoms with E-state index in [1.165, 1.54) is 29.1 Å². The lowest BCUT2D eigenvalue weighted by molar-refractivity contribution is 0.0505. The molecule has 228 valence electrons. The number of halogens is 3. The lowest BCUT2D eigenvalue weighted by Gasteiger charge is -2.36. The number of hydrogen-bond acceptors (Lipinski definition) is 11. The summed E-state index contributed by atoms with van der Waals surface area (Å²) in [5, 5.41) is 17.3. The Bertz CT molecular complexity index is 1620. The number of methoxy groups -OCH3 is 1. The van der Waals surface area contributed by atoms with Gasteiger partial charge in [-0.3, -0.25) is 9.58 Å². The molecule has 16 heteroatoms. The third kappa shape index (κ3) is 6.81. The summed E-state index contributed by atoms with van der Waals surface area (Å²) in [5.41, 5.74) is 2.47. The lowest BCUT2D eigenvalue weighted by atomic mass is 9.90. The number of pyridine rings is 1. The molecule has 0 bridgehead atoms. The maximum atomic E-state index is 13.0. The van der Waals surface area contributed by atoms with Crippen molar-refractivity contribution in [2.24, 2.45) is 7.05 Å². The Morgan fingerprint density at radius 3 is 2.43 bits per heavy atom. The largest absolute Gasteiger partial charge is 0.467 e. The fourth-order valence-corrected chi connectivity index (χ4v) is 5.21. The van der Waals surface area contributed by atoms with Gasteiger partial charge < -0.3 is 14.8 Å². The quantitative estimate of drug-likeness (QED) is 0.270. The molecular formula is C28H27ClF2N10O3. The van der Waals surface area contributed by atoms with Crippen molar-refractivity contribution < 1.29 is 23.0 Å². The Morgan fingerprint density at radius 1 is 1.11 bits per heavy atom. The van der Waals surface area contributed by atoms with E-state index >= 15 is 0 Å². The minimum absolute atomic E-state index is 0.0570. The predicted molar refractivity (Wildman–Crippen MR) is 155 cm³/mol. The van der Waals surface area contributed by atoms with E-state index in [0.717, 1.165) is 0 Å². The number of amides is 1. The van der Waals surface area contributed by atoms with Crippen molar-refractivity contribution >= 4 is 29.5 Å². The number of alkyl halides is 2. The number of anilines is 2. The third-order valence-electron chi connectivity index (χ3n) is 7.09. The molecule has 1 amide bonds. The van der Waals surface area contributed by atoms with Crippen molar-refractivity contribution in [3.05, 3.63) is 53.7 Å². The molecule has 0 atom stereocenters. The lowest BCUT2D eigenvalue weighted by Crippen LogP contribution is -2.45. The van der Waals surface area contributed by atoms with Crippen molar-refractivity contribution in [1.82, 2.24) is 34.7 Å². The summed E-state index contributed by atoms with van der Waals surface area (Å²) in [6.07, 6.45) is 6.17. The zero-order chi connectivity index (χ0) is 31.2. The number of carbonyl (C=O) groups is 1. The highest BCUT2D eigenvalue weighted by molar-refractivity contribution is 6.33. The Morgan fingerprint density at radius 2 is 1.84 bits per heavy atom. The van der Waals surface area contributed by atoms with Crippen LogP contribution in [0.2, 0.25) is 5.02 Å². The van der Waals surface area contributed by atoms with Gasteiger partial charge >= 0.3 is 12.1 Å². The zero-order valence-corrected chi connectivity index (χ0v) is 24.4. The summed E-state index contributed by atoms with van der Waals surface area (Å²) < 4.78 is 37.2. The van der Waals surface area contributed by atoms with E-state index in [4.69, 9.17) is 21.1 Å². The second kappa shape index (κ2) is 13.6. The first-order valence-electron chi connectivity index (χ1n) is 13.6. The van der Waals surface area contributed by atoms with E-state index in [1.807, 2.05) is 0 Å². The normalized spacial score (nSPS) is 16.3. The van der Waals surface area contributed by atoms with Crippen LogP contribution in [0.1, 0.15) is 31.2 Å². The van der Waals surface area contributed by atoms with Crippen molar-refractivity contribution in [2.75, 3.05) is 23.9 Å². The molecule has 13 nitrogen and oxygen atoms in total. The first-order valence-corrected chi connectivity index (χ1v) is 13.9. The number of rotatable bonds is 9. The van der Waals surface area contributed by atoms with E-state index in [9.17, 15) is 18.8 Å². The number of nitrogens with zero attached hydrogens (tertiary/aromatic N) is 9. The van der Waals surface area contributed by atoms with Gasteiger partial charge in [-0.25, -0.2) is 38.5 Å². The second-order valence-corrected chi connectivity index (χ2v) is 10.3. The highest BCUT2D eigenvalue weighted by atomic mass is 35.5. The molecule has 1 N–H and O–H groups in total. The first-order chi connectivity index (χ1) is 21.3. The fourth-order valence-electron chi connectivity index (χ4n) is 4.96. The number of nitrogens with one attached hydrogen (secondary N) is 1. The summed E-state index contributed by atoms with van der Waals surface area (Å²) in [6, 6.07) is 5.26. The third-order valence-corrected chi connectivity index (χ3v) is 7.37. The van der Waals surface area contributed by atoms with Gasteiger partial charge in [0.2, 0.25) is 5.95 Å². The van der Waals surface area contributed by atoms with Crippen LogP contribution in [0.5, 0.6) is 6.01 Å². The van der Waals surface area contributed by atoms with Gasteiger partial charge in [-0.2, -0.15) is 10.4 Å². The van der Waals surface area contributed by atoms with Gasteiger partial charge in [0, 0.05) is 48.8 Å². The molecule has 5 rings (SSSR count). The Hall–Kier alpha value is -4.97. The average Bonchev–Trinajstić information content (AvgIpc) is 3.38. The van der Waals surface area contributed by atoms with Crippen LogP contribution in [0, 0.1) is 11.3 Å². The van der Waals surface area contributed by atoms with Crippen LogP contribution in [0.4, 0.5) is 25.3 Å². The predicted octanol–water partition coefficient (Wildman–Crippen LogP) is 4.89. The van der Waals surface area contributed by atoms with Gasteiger partial charge in [0.25, 0.3) is 6.43 Å². The van der Waals surface area contributed by atoms with Crippen LogP contribution < -0.4 is 15.0 Å². The van der Waals surface area contributed by atoms with Crippen LogP contribution in [-0.4, -0.2) is 73.0 Å². The Kier molecular flexibility index (Phi) is 9.39. The van der Waals surface area contributed by atoms with E-state index in [1.54, 1.807) is 37.8 Å². The van der Waals surface area contributed by atoms with E-state index < -0.39 is 19.1 Å². The topological polar surface area (TPSA) is 157 Å². The SMILES string of the molecule is COc1ncc(-c2ccc(N(C(=O)OCC(F)F)C3CCC(Nc4ncc(C#N)c(-c5c(Cl)cnn5C)n4)CC3)nc2)cn1. The number of carbonyl (C=O) groups excluding carboxylic acids is 1. The maximum absolute atomic E-state index is 13.0. The molecular weight excluding hydrogens is 598 g/mol. The first kappa shape index (κ1) is 30.5. The summed E-state index contributed by atoms with van der Waals surface area (Å²) >= 11 is 6.29. The Labute approximate surface area is 255 Å². The van der Waals surface area contributed by atoms with Crippen molar-refractivity contribution in [2.45, 2.75) is 44.2 Å². The molecule has 0 unspecified atom stereocenters. The van der Waals surface area contributed by atoms with Crippen LogP contribution in [0.3, 0.4) is 0 Å². The van der Waals surface area contributed by atoms with Crippen LogP contribution in [0.25, 0.3) is 22.5 Å². The fraction of sp³-hybridized carbons (Fsp3) is 0.357. The molecule has 0 aromatic carbocycles. The van der Waals surface area contributed by atoms with Crippen LogP contribution >= 0.6 is 11.6 Å². The summed E-state index contributed by atoms with van der Waals surface area (Å²) in [6.45, 7) is -1.02. The van der Waals surface area contributed by atoms with Gasteiger partial charge in [-0.15, -0.1) is 0 Å². The van der Waals surface area contributed by atoms with E-state index in [-0.39, 0.29) is 29.5 Å². The number of hydrogen-bond donors (Lipinski definition) is 1. The monoisotopic (exact) mass is 624 g/mol. The van der Waals surface area contributed by atoms with Gasteiger partial charge in [0.05, 0.1) is 30.1 Å². The number of aromatic nitrogens is 7. The number of aryl methyl sites for hydroxylation is 1. The highest BCUT2D eigenvalue weighted by Crippen LogP contribution is 2.32. The van der Waals surface area contributed by atoms with Gasteiger partial charge in [-0.05, 0) is 37.8 Å². The molecule has 44 heavy (non-hydrogen) atoms. The van der Waals surface area contributed by atoms with E-state index in [0.29, 0.717) is 59.2 Å². The smallest absolute Gasteiger partial charge is 0.415 e. The van der Waals surface area contributed by atoms with Gasteiger partial charge in [0.15, 0.2) is 6.61 Å². The molecule has 0 spiro atoms. The minimum atomic E-state index is -2.80. The molecule has 1 fully saturated rings. The molecule has 1 aliphatic carbocycles. The summed E-state index contributed by atoms with van der Waals surface area (Å²) in [7, 11) is 3.17.